The lowest BCUT2D eigenvalue weighted by Gasteiger charge is -2.18. The predicted molar refractivity (Wildman–Crippen MR) is 72.2 cm³/mol. The van der Waals surface area contributed by atoms with Crippen LogP contribution in [0, 0.1) is 16.0 Å². The van der Waals surface area contributed by atoms with Crippen LogP contribution in [-0.4, -0.2) is 28.9 Å². The fourth-order valence-corrected chi connectivity index (χ4v) is 1.38. The van der Waals surface area contributed by atoms with Gasteiger partial charge in [0.15, 0.2) is 0 Å². The molecule has 2 N–H and O–H groups in total. The van der Waals surface area contributed by atoms with Crippen molar-refractivity contribution in [3.05, 3.63) is 27.9 Å². The van der Waals surface area contributed by atoms with Crippen molar-refractivity contribution in [2.24, 2.45) is 5.92 Å². The second-order valence-corrected chi connectivity index (χ2v) is 4.60. The molecule has 0 fully saturated rings. The van der Waals surface area contributed by atoms with Crippen LogP contribution in [0.15, 0.2) is 12.3 Å². The van der Waals surface area contributed by atoms with E-state index in [1.54, 1.807) is 7.05 Å². The van der Waals surface area contributed by atoms with Gasteiger partial charge in [-0.2, -0.15) is 0 Å². The van der Waals surface area contributed by atoms with E-state index < -0.39 is 4.92 Å². The van der Waals surface area contributed by atoms with E-state index in [4.69, 9.17) is 0 Å². The van der Waals surface area contributed by atoms with Crippen LogP contribution in [0.1, 0.15) is 31.1 Å². The van der Waals surface area contributed by atoms with E-state index in [1.807, 2.05) is 20.8 Å². The van der Waals surface area contributed by atoms with Gasteiger partial charge >= 0.3 is 0 Å². The largest absolute Gasteiger partial charge is 0.372 e. The normalized spacial score (nSPS) is 12.1. The molecule has 0 radical (unpaired) electrons. The first kappa shape index (κ1) is 14.9. The highest BCUT2D eigenvalue weighted by atomic mass is 16.6. The van der Waals surface area contributed by atoms with E-state index >= 15 is 0 Å². The number of carbonyl (C=O) groups excluding carboxylic acids is 1. The van der Waals surface area contributed by atoms with E-state index in [2.05, 4.69) is 15.6 Å². The van der Waals surface area contributed by atoms with Crippen LogP contribution in [0.5, 0.6) is 0 Å². The van der Waals surface area contributed by atoms with Crippen molar-refractivity contribution in [3.63, 3.8) is 0 Å². The van der Waals surface area contributed by atoms with Gasteiger partial charge in [-0.1, -0.05) is 13.8 Å². The Labute approximate surface area is 111 Å². The van der Waals surface area contributed by atoms with Crippen molar-refractivity contribution in [2.75, 3.05) is 12.4 Å². The standard InChI is InChI=1S/C12H18N4O3/c1-7(2)8(3)15-12(17)10-5-9(16(18)19)6-14-11(10)13-4/h5-8H,1-4H3,(H,13,14)(H,15,17). The third kappa shape index (κ3) is 3.64. The number of carbonyl (C=O) groups is 1. The smallest absolute Gasteiger partial charge is 0.288 e. The van der Waals surface area contributed by atoms with Crippen LogP contribution >= 0.6 is 0 Å². The molecule has 0 aromatic carbocycles. The summed E-state index contributed by atoms with van der Waals surface area (Å²) in [4.78, 5) is 26.1. The molecule has 1 heterocycles. The first-order chi connectivity index (χ1) is 8.86. The van der Waals surface area contributed by atoms with Crippen molar-refractivity contribution in [1.29, 1.82) is 0 Å². The van der Waals surface area contributed by atoms with E-state index in [0.717, 1.165) is 6.20 Å². The third-order valence-electron chi connectivity index (χ3n) is 2.92. The number of nitrogens with one attached hydrogen (secondary N) is 2. The Balaban J connectivity index is 3.06. The molecule has 1 aromatic rings. The molecule has 1 amide bonds. The molecule has 0 bridgehead atoms. The van der Waals surface area contributed by atoms with Crippen LogP contribution in [0.3, 0.4) is 0 Å². The quantitative estimate of drug-likeness (QED) is 0.625. The number of nitrogens with zero attached hydrogens (tertiary/aromatic N) is 2. The molecule has 7 heteroatoms. The van der Waals surface area contributed by atoms with Gasteiger partial charge in [-0.25, -0.2) is 4.98 Å². The number of rotatable bonds is 5. The lowest BCUT2D eigenvalue weighted by molar-refractivity contribution is -0.385. The molecule has 0 aliphatic rings. The lowest BCUT2D eigenvalue weighted by Crippen LogP contribution is -2.36. The monoisotopic (exact) mass is 266 g/mol. The van der Waals surface area contributed by atoms with Crippen molar-refractivity contribution >= 4 is 17.4 Å². The van der Waals surface area contributed by atoms with Crippen molar-refractivity contribution in [3.8, 4) is 0 Å². The summed E-state index contributed by atoms with van der Waals surface area (Å²) in [6, 6.07) is 1.19. The number of amides is 1. The van der Waals surface area contributed by atoms with Gasteiger partial charge in [0, 0.05) is 19.2 Å². The average molecular weight is 266 g/mol. The van der Waals surface area contributed by atoms with Gasteiger partial charge in [0.2, 0.25) is 0 Å². The van der Waals surface area contributed by atoms with E-state index in [9.17, 15) is 14.9 Å². The van der Waals surface area contributed by atoms with Crippen LogP contribution in [0.25, 0.3) is 0 Å². The molecule has 0 aliphatic carbocycles. The van der Waals surface area contributed by atoms with E-state index in [0.29, 0.717) is 5.82 Å². The van der Waals surface area contributed by atoms with Gasteiger partial charge in [0.1, 0.15) is 12.0 Å². The number of anilines is 1. The molecule has 0 saturated carbocycles. The molecule has 1 atom stereocenters. The zero-order valence-corrected chi connectivity index (χ0v) is 11.4. The number of pyridine rings is 1. The minimum Gasteiger partial charge on any atom is -0.372 e. The molecule has 19 heavy (non-hydrogen) atoms. The molecule has 1 unspecified atom stereocenters. The molecule has 1 aromatic heterocycles. The lowest BCUT2D eigenvalue weighted by atomic mass is 10.1. The van der Waals surface area contributed by atoms with Gasteiger partial charge < -0.3 is 10.6 Å². The Kier molecular flexibility index (Phi) is 4.80. The second-order valence-electron chi connectivity index (χ2n) is 4.60. The van der Waals surface area contributed by atoms with Gasteiger partial charge in [-0.3, -0.25) is 14.9 Å². The van der Waals surface area contributed by atoms with Gasteiger partial charge in [-0.15, -0.1) is 0 Å². The maximum absolute atomic E-state index is 12.1. The van der Waals surface area contributed by atoms with Gasteiger partial charge in [0.05, 0.1) is 10.5 Å². The van der Waals surface area contributed by atoms with E-state index in [1.165, 1.54) is 6.07 Å². The summed E-state index contributed by atoms with van der Waals surface area (Å²) in [5.74, 6) is 0.217. The maximum atomic E-state index is 12.1. The molecule has 0 spiro atoms. The molecule has 104 valence electrons. The van der Waals surface area contributed by atoms with Gasteiger partial charge in [-0.05, 0) is 12.8 Å². The van der Waals surface area contributed by atoms with Crippen LogP contribution in [0.2, 0.25) is 0 Å². The first-order valence-corrected chi connectivity index (χ1v) is 5.99. The topological polar surface area (TPSA) is 97.2 Å². The number of hydrogen-bond donors (Lipinski definition) is 2. The Hall–Kier alpha value is -2.18. The molecule has 0 aliphatic heterocycles. The molecule has 1 rings (SSSR count). The molecular formula is C12H18N4O3. The van der Waals surface area contributed by atoms with E-state index in [-0.39, 0.29) is 29.1 Å². The average Bonchev–Trinajstić information content (AvgIpc) is 2.37. The van der Waals surface area contributed by atoms with Crippen molar-refractivity contribution in [1.82, 2.24) is 10.3 Å². The summed E-state index contributed by atoms with van der Waals surface area (Å²) >= 11 is 0. The fourth-order valence-electron chi connectivity index (χ4n) is 1.38. The second kappa shape index (κ2) is 6.12. The summed E-state index contributed by atoms with van der Waals surface area (Å²) in [6.07, 6.45) is 1.12. The predicted octanol–water partition coefficient (Wildman–Crippen LogP) is 1.81. The highest BCUT2D eigenvalue weighted by Gasteiger charge is 2.19. The summed E-state index contributed by atoms with van der Waals surface area (Å²) in [7, 11) is 1.61. The Morgan fingerprint density at radius 2 is 2.05 bits per heavy atom. The third-order valence-corrected chi connectivity index (χ3v) is 2.92. The summed E-state index contributed by atoms with van der Waals surface area (Å²) in [5, 5.41) is 16.3. The molecular weight excluding hydrogens is 248 g/mol. The van der Waals surface area contributed by atoms with Crippen molar-refractivity contribution < 1.29 is 9.72 Å². The zero-order chi connectivity index (χ0) is 14.6. The number of nitro groups is 1. The van der Waals surface area contributed by atoms with Crippen LogP contribution in [0.4, 0.5) is 11.5 Å². The Morgan fingerprint density at radius 3 is 2.53 bits per heavy atom. The summed E-state index contributed by atoms with van der Waals surface area (Å²) < 4.78 is 0. The minimum atomic E-state index is -0.574. The molecule has 0 saturated heterocycles. The summed E-state index contributed by atoms with van der Waals surface area (Å²) in [6.45, 7) is 5.84. The van der Waals surface area contributed by atoms with Crippen LogP contribution < -0.4 is 10.6 Å². The Bertz CT molecular complexity index is 488. The number of hydrogen-bond acceptors (Lipinski definition) is 5. The maximum Gasteiger partial charge on any atom is 0.288 e. The molecule has 7 nitrogen and oxygen atoms in total. The van der Waals surface area contributed by atoms with Gasteiger partial charge in [0.25, 0.3) is 11.6 Å². The summed E-state index contributed by atoms with van der Waals surface area (Å²) in [5.41, 5.74) is -0.0365. The first-order valence-electron chi connectivity index (χ1n) is 5.99. The fraction of sp³-hybridized carbons (Fsp3) is 0.500. The van der Waals surface area contributed by atoms with Crippen LogP contribution in [-0.2, 0) is 0 Å². The zero-order valence-electron chi connectivity index (χ0n) is 11.4. The number of aromatic nitrogens is 1. The highest BCUT2D eigenvalue weighted by molar-refractivity contribution is 5.99. The minimum absolute atomic E-state index is 0.0310. The SMILES string of the molecule is CNc1ncc([N+](=O)[O-])cc1C(=O)NC(C)C(C)C. The highest BCUT2D eigenvalue weighted by Crippen LogP contribution is 2.19. The van der Waals surface area contributed by atoms with Crippen molar-refractivity contribution in [2.45, 2.75) is 26.8 Å². The Morgan fingerprint density at radius 1 is 1.42 bits per heavy atom.